The normalized spacial score (nSPS) is 11.6. The number of nitrogens with one attached hydrogen (secondary N) is 2. The second-order valence-corrected chi connectivity index (χ2v) is 5.73. The molecule has 5 nitrogen and oxygen atoms in total. The predicted octanol–water partition coefficient (Wildman–Crippen LogP) is 4.40. The number of H-pyrrole nitrogens is 1. The van der Waals surface area contributed by atoms with Crippen molar-refractivity contribution in [1.82, 2.24) is 20.2 Å². The number of hydrogen-bond acceptors (Lipinski definition) is 4. The van der Waals surface area contributed by atoms with Gasteiger partial charge in [-0.25, -0.2) is 14.5 Å². The van der Waals surface area contributed by atoms with E-state index < -0.39 is 17.7 Å². The first-order valence-corrected chi connectivity index (χ1v) is 7.77. The van der Waals surface area contributed by atoms with Crippen LogP contribution in [0.4, 0.5) is 23.5 Å². The minimum atomic E-state index is -4.55. The molecule has 25 heavy (non-hydrogen) atoms. The molecule has 0 aliphatic rings. The number of aromatic nitrogens is 4. The SMILES string of the molecule is Fc1cc(-c2cccc(C(F)(F)F)n2)ccc1CNc1nc(Br)n[nH]1. The van der Waals surface area contributed by atoms with Gasteiger partial charge in [0.05, 0.1) is 5.69 Å². The number of anilines is 1. The van der Waals surface area contributed by atoms with Gasteiger partial charge in [0.2, 0.25) is 10.7 Å². The maximum absolute atomic E-state index is 14.2. The summed E-state index contributed by atoms with van der Waals surface area (Å²) < 4.78 is 52.8. The molecular weight excluding hydrogens is 406 g/mol. The Labute approximate surface area is 147 Å². The number of hydrogen-bond donors (Lipinski definition) is 2. The zero-order valence-corrected chi connectivity index (χ0v) is 14.0. The van der Waals surface area contributed by atoms with Crippen molar-refractivity contribution in [2.75, 3.05) is 5.32 Å². The highest BCUT2D eigenvalue weighted by Crippen LogP contribution is 2.29. The summed E-state index contributed by atoms with van der Waals surface area (Å²) in [5, 5.41) is 9.20. The molecule has 0 saturated carbocycles. The van der Waals surface area contributed by atoms with E-state index >= 15 is 0 Å². The van der Waals surface area contributed by atoms with E-state index in [2.05, 4.69) is 41.4 Å². The van der Waals surface area contributed by atoms with Crippen molar-refractivity contribution in [2.45, 2.75) is 12.7 Å². The quantitative estimate of drug-likeness (QED) is 0.619. The number of rotatable bonds is 4. The molecule has 10 heteroatoms. The Kier molecular flexibility index (Phi) is 4.71. The van der Waals surface area contributed by atoms with Gasteiger partial charge in [-0.05, 0) is 34.1 Å². The summed E-state index contributed by atoms with van der Waals surface area (Å²) in [6.07, 6.45) is -4.55. The van der Waals surface area contributed by atoms with Gasteiger partial charge in [-0.3, -0.25) is 0 Å². The van der Waals surface area contributed by atoms with Crippen LogP contribution in [-0.2, 0) is 12.7 Å². The molecule has 2 heterocycles. The van der Waals surface area contributed by atoms with Crippen LogP contribution in [-0.4, -0.2) is 20.2 Å². The van der Waals surface area contributed by atoms with Gasteiger partial charge in [-0.2, -0.15) is 18.2 Å². The lowest BCUT2D eigenvalue weighted by molar-refractivity contribution is -0.141. The van der Waals surface area contributed by atoms with Gasteiger partial charge >= 0.3 is 6.18 Å². The van der Waals surface area contributed by atoms with E-state index in [1.807, 2.05) is 0 Å². The lowest BCUT2D eigenvalue weighted by Crippen LogP contribution is -2.08. The largest absolute Gasteiger partial charge is 0.433 e. The Morgan fingerprint density at radius 2 is 1.92 bits per heavy atom. The van der Waals surface area contributed by atoms with Gasteiger partial charge in [-0.15, -0.1) is 5.10 Å². The first kappa shape index (κ1) is 17.3. The zero-order valence-electron chi connectivity index (χ0n) is 12.4. The Morgan fingerprint density at radius 3 is 2.56 bits per heavy atom. The molecule has 0 saturated heterocycles. The van der Waals surface area contributed by atoms with Crippen LogP contribution >= 0.6 is 15.9 Å². The summed E-state index contributed by atoms with van der Waals surface area (Å²) in [5.74, 6) is -0.210. The van der Waals surface area contributed by atoms with Crippen LogP contribution in [0.5, 0.6) is 0 Å². The molecule has 3 aromatic rings. The van der Waals surface area contributed by atoms with Crippen molar-refractivity contribution < 1.29 is 17.6 Å². The number of halogens is 5. The molecule has 0 amide bonds. The predicted molar refractivity (Wildman–Crippen MR) is 86.0 cm³/mol. The van der Waals surface area contributed by atoms with Crippen LogP contribution in [0.25, 0.3) is 11.3 Å². The molecule has 0 spiro atoms. The zero-order chi connectivity index (χ0) is 18.0. The van der Waals surface area contributed by atoms with Crippen LogP contribution in [0.3, 0.4) is 0 Å². The highest BCUT2D eigenvalue weighted by Gasteiger charge is 2.32. The molecular formula is C15H10BrF4N5. The Morgan fingerprint density at radius 1 is 1.12 bits per heavy atom. The molecule has 2 N–H and O–H groups in total. The minimum Gasteiger partial charge on any atom is -0.350 e. The van der Waals surface area contributed by atoms with Gasteiger partial charge in [0.15, 0.2) is 0 Å². The third-order valence-electron chi connectivity index (χ3n) is 3.29. The maximum atomic E-state index is 14.2. The topological polar surface area (TPSA) is 66.5 Å². The van der Waals surface area contributed by atoms with Crippen LogP contribution in [0.1, 0.15) is 11.3 Å². The van der Waals surface area contributed by atoms with Crippen LogP contribution < -0.4 is 5.32 Å². The van der Waals surface area contributed by atoms with E-state index in [9.17, 15) is 17.6 Å². The molecule has 130 valence electrons. The number of pyridine rings is 1. The van der Waals surface area contributed by atoms with E-state index in [0.29, 0.717) is 16.2 Å². The minimum absolute atomic E-state index is 0.0485. The first-order chi connectivity index (χ1) is 11.8. The molecule has 0 atom stereocenters. The van der Waals surface area contributed by atoms with E-state index in [1.54, 1.807) is 0 Å². The van der Waals surface area contributed by atoms with Crippen molar-refractivity contribution >= 4 is 21.9 Å². The van der Waals surface area contributed by atoms with E-state index in [4.69, 9.17) is 0 Å². The maximum Gasteiger partial charge on any atom is 0.433 e. The third-order valence-corrected chi connectivity index (χ3v) is 3.65. The summed E-state index contributed by atoms with van der Waals surface area (Å²) in [7, 11) is 0. The molecule has 0 bridgehead atoms. The highest BCUT2D eigenvalue weighted by atomic mass is 79.9. The van der Waals surface area contributed by atoms with Crippen LogP contribution in [0.15, 0.2) is 41.1 Å². The summed E-state index contributed by atoms with van der Waals surface area (Å²) in [6.45, 7) is 0.129. The molecule has 0 fully saturated rings. The molecule has 0 unspecified atom stereocenters. The lowest BCUT2D eigenvalue weighted by Gasteiger charge is -2.09. The third kappa shape index (κ3) is 4.13. The summed E-state index contributed by atoms with van der Waals surface area (Å²) in [5.41, 5.74) is -0.391. The monoisotopic (exact) mass is 415 g/mol. The van der Waals surface area contributed by atoms with Crippen molar-refractivity contribution in [3.63, 3.8) is 0 Å². The highest BCUT2D eigenvalue weighted by molar-refractivity contribution is 9.10. The van der Waals surface area contributed by atoms with Gasteiger partial charge in [-0.1, -0.05) is 18.2 Å². The number of aromatic amines is 1. The van der Waals surface area contributed by atoms with E-state index in [0.717, 1.165) is 12.1 Å². The second kappa shape index (κ2) is 6.79. The number of benzene rings is 1. The summed E-state index contributed by atoms with van der Waals surface area (Å²) in [6, 6.07) is 7.64. The Hall–Kier alpha value is -2.49. The second-order valence-electron chi connectivity index (χ2n) is 5.02. The van der Waals surface area contributed by atoms with E-state index in [-0.39, 0.29) is 17.8 Å². The Bertz CT molecular complexity index is 894. The number of nitrogens with zero attached hydrogens (tertiary/aromatic N) is 3. The standard InChI is InChI=1S/C15H10BrF4N5/c16-13-23-14(25-24-13)21-7-9-5-4-8(6-10(9)17)11-2-1-3-12(22-11)15(18,19)20/h1-6H,7H2,(H2,21,23,24,25). The average molecular weight is 416 g/mol. The van der Waals surface area contributed by atoms with Crippen molar-refractivity contribution in [1.29, 1.82) is 0 Å². The molecule has 0 aliphatic heterocycles. The molecule has 0 radical (unpaired) electrons. The van der Waals surface area contributed by atoms with Gasteiger partial charge in [0.25, 0.3) is 0 Å². The molecule has 3 rings (SSSR count). The fourth-order valence-electron chi connectivity index (χ4n) is 2.10. The van der Waals surface area contributed by atoms with Crippen molar-refractivity contribution in [3.05, 3.63) is 58.2 Å². The smallest absolute Gasteiger partial charge is 0.350 e. The lowest BCUT2D eigenvalue weighted by atomic mass is 10.1. The number of alkyl halides is 3. The summed E-state index contributed by atoms with van der Waals surface area (Å²) >= 11 is 3.07. The average Bonchev–Trinajstić information content (AvgIpc) is 2.98. The molecule has 1 aromatic carbocycles. The van der Waals surface area contributed by atoms with Gasteiger partial charge in [0, 0.05) is 17.7 Å². The van der Waals surface area contributed by atoms with E-state index in [1.165, 1.54) is 24.3 Å². The van der Waals surface area contributed by atoms with Crippen molar-refractivity contribution in [3.8, 4) is 11.3 Å². The van der Waals surface area contributed by atoms with Gasteiger partial charge < -0.3 is 5.32 Å². The fourth-order valence-corrected chi connectivity index (χ4v) is 2.37. The van der Waals surface area contributed by atoms with Gasteiger partial charge in [0.1, 0.15) is 11.5 Å². The molecule has 0 aliphatic carbocycles. The Balaban J connectivity index is 1.80. The first-order valence-electron chi connectivity index (χ1n) is 6.98. The van der Waals surface area contributed by atoms with Crippen LogP contribution in [0, 0.1) is 5.82 Å². The molecule has 2 aromatic heterocycles. The fraction of sp³-hybridized carbons (Fsp3) is 0.133. The van der Waals surface area contributed by atoms with Crippen LogP contribution in [0.2, 0.25) is 0 Å². The van der Waals surface area contributed by atoms with Crippen molar-refractivity contribution in [2.24, 2.45) is 0 Å². The summed E-state index contributed by atoms with van der Waals surface area (Å²) in [4.78, 5) is 7.50.